The highest BCUT2D eigenvalue weighted by molar-refractivity contribution is 7.07. The van der Waals surface area contributed by atoms with Gasteiger partial charge in [-0.3, -0.25) is 4.79 Å². The molecule has 0 spiro atoms. The SMILES string of the molecule is O=C(NCC(O)C1CC1)c1cnns1. The topological polar surface area (TPSA) is 75.1 Å². The van der Waals surface area contributed by atoms with Crippen molar-refractivity contribution in [2.75, 3.05) is 6.54 Å². The molecule has 2 N–H and O–H groups in total. The van der Waals surface area contributed by atoms with Crippen LogP contribution in [-0.2, 0) is 0 Å². The highest BCUT2D eigenvalue weighted by atomic mass is 32.1. The third-order valence-electron chi connectivity index (χ3n) is 2.22. The van der Waals surface area contributed by atoms with Crippen molar-refractivity contribution >= 4 is 17.4 Å². The Kier molecular flexibility index (Phi) is 2.74. The average Bonchev–Trinajstić information content (AvgIpc) is 2.90. The van der Waals surface area contributed by atoms with Gasteiger partial charge in [-0.2, -0.15) is 0 Å². The lowest BCUT2D eigenvalue weighted by Gasteiger charge is -2.08. The molecule has 1 aliphatic carbocycles. The van der Waals surface area contributed by atoms with Crippen molar-refractivity contribution in [2.45, 2.75) is 18.9 Å². The van der Waals surface area contributed by atoms with Crippen molar-refractivity contribution in [3.05, 3.63) is 11.1 Å². The molecule has 1 heterocycles. The van der Waals surface area contributed by atoms with Gasteiger partial charge >= 0.3 is 0 Å². The highest BCUT2D eigenvalue weighted by Crippen LogP contribution is 2.32. The van der Waals surface area contributed by atoms with Gasteiger partial charge in [-0.15, -0.1) is 5.10 Å². The summed E-state index contributed by atoms with van der Waals surface area (Å²) in [5.41, 5.74) is 0. The molecule has 0 aromatic carbocycles. The number of nitrogens with one attached hydrogen (secondary N) is 1. The van der Waals surface area contributed by atoms with Crippen molar-refractivity contribution in [2.24, 2.45) is 5.92 Å². The van der Waals surface area contributed by atoms with Crippen molar-refractivity contribution in [3.8, 4) is 0 Å². The number of aliphatic hydroxyl groups is 1. The van der Waals surface area contributed by atoms with Gasteiger partial charge in [-0.25, -0.2) is 0 Å². The van der Waals surface area contributed by atoms with E-state index >= 15 is 0 Å². The lowest BCUT2D eigenvalue weighted by molar-refractivity contribution is 0.0905. The van der Waals surface area contributed by atoms with E-state index in [1.165, 1.54) is 6.20 Å². The van der Waals surface area contributed by atoms with Gasteiger partial charge in [0.15, 0.2) is 0 Å². The second kappa shape index (κ2) is 4.02. The highest BCUT2D eigenvalue weighted by Gasteiger charge is 2.29. The molecular formula is C8H11N3O2S. The second-order valence-electron chi connectivity index (χ2n) is 3.40. The zero-order chi connectivity index (χ0) is 9.97. The number of hydrogen-bond donors (Lipinski definition) is 2. The number of carbonyl (C=O) groups excluding carboxylic acids is 1. The summed E-state index contributed by atoms with van der Waals surface area (Å²) in [7, 11) is 0. The van der Waals surface area contributed by atoms with Crippen molar-refractivity contribution in [3.63, 3.8) is 0 Å². The Labute approximate surface area is 85.3 Å². The molecular weight excluding hydrogens is 202 g/mol. The summed E-state index contributed by atoms with van der Waals surface area (Å²) in [5, 5.41) is 15.7. The van der Waals surface area contributed by atoms with Crippen LogP contribution in [0.25, 0.3) is 0 Å². The van der Waals surface area contributed by atoms with Crippen LogP contribution in [0.15, 0.2) is 6.20 Å². The van der Waals surface area contributed by atoms with Crippen LogP contribution in [-0.4, -0.2) is 33.2 Å². The molecule has 1 amide bonds. The first-order chi connectivity index (χ1) is 6.77. The average molecular weight is 213 g/mol. The Morgan fingerprint density at radius 1 is 1.79 bits per heavy atom. The summed E-state index contributed by atoms with van der Waals surface area (Å²) >= 11 is 1.05. The van der Waals surface area contributed by atoms with Gasteiger partial charge in [0.2, 0.25) is 0 Å². The minimum Gasteiger partial charge on any atom is -0.391 e. The van der Waals surface area contributed by atoms with E-state index in [4.69, 9.17) is 0 Å². The van der Waals surface area contributed by atoms with E-state index in [9.17, 15) is 9.90 Å². The Morgan fingerprint density at radius 3 is 3.14 bits per heavy atom. The number of hydrogen-bond acceptors (Lipinski definition) is 5. The summed E-state index contributed by atoms with van der Waals surface area (Å²) in [5.74, 6) is 0.176. The normalized spacial score (nSPS) is 17.8. The van der Waals surface area contributed by atoms with Crippen LogP contribution >= 0.6 is 11.5 Å². The maximum absolute atomic E-state index is 11.4. The van der Waals surface area contributed by atoms with Gasteiger partial charge in [0, 0.05) is 6.54 Å². The quantitative estimate of drug-likeness (QED) is 0.740. The minimum absolute atomic E-state index is 0.209. The van der Waals surface area contributed by atoms with Crippen LogP contribution in [0.5, 0.6) is 0 Å². The number of rotatable bonds is 4. The van der Waals surface area contributed by atoms with Crippen LogP contribution in [0.2, 0.25) is 0 Å². The third-order valence-corrected chi connectivity index (χ3v) is 2.89. The molecule has 2 rings (SSSR count). The molecule has 76 valence electrons. The molecule has 1 saturated carbocycles. The van der Waals surface area contributed by atoms with E-state index < -0.39 is 6.10 Å². The monoisotopic (exact) mass is 213 g/mol. The third kappa shape index (κ3) is 2.27. The summed E-state index contributed by atoms with van der Waals surface area (Å²) in [6, 6.07) is 0. The molecule has 5 nitrogen and oxygen atoms in total. The molecule has 0 radical (unpaired) electrons. The van der Waals surface area contributed by atoms with Gasteiger partial charge in [0.05, 0.1) is 12.3 Å². The molecule has 1 unspecified atom stereocenters. The fourth-order valence-corrected chi connectivity index (χ4v) is 1.63. The number of aliphatic hydroxyl groups excluding tert-OH is 1. The summed E-state index contributed by atoms with van der Waals surface area (Å²) in [6.07, 6.45) is 3.15. The zero-order valence-corrected chi connectivity index (χ0v) is 8.33. The van der Waals surface area contributed by atoms with Crippen LogP contribution in [0.3, 0.4) is 0 Å². The first kappa shape index (κ1) is 9.54. The van der Waals surface area contributed by atoms with Crippen LogP contribution in [0.4, 0.5) is 0 Å². The first-order valence-corrected chi connectivity index (χ1v) is 5.28. The molecule has 14 heavy (non-hydrogen) atoms. The molecule has 1 aliphatic rings. The van der Waals surface area contributed by atoms with Crippen molar-refractivity contribution < 1.29 is 9.90 Å². The Morgan fingerprint density at radius 2 is 2.57 bits per heavy atom. The molecule has 1 aromatic rings. The summed E-state index contributed by atoms with van der Waals surface area (Å²) in [4.78, 5) is 11.8. The number of carbonyl (C=O) groups is 1. The molecule has 0 aliphatic heterocycles. The molecule has 0 saturated heterocycles. The fraction of sp³-hybridized carbons (Fsp3) is 0.625. The Balaban J connectivity index is 1.77. The standard InChI is InChI=1S/C8H11N3O2S/c12-6(5-1-2-5)3-9-8(13)7-4-10-11-14-7/h4-6,12H,1-3H2,(H,9,13). The fourth-order valence-electron chi connectivity index (χ4n) is 1.20. The maximum Gasteiger partial charge on any atom is 0.264 e. The van der Waals surface area contributed by atoms with E-state index in [0.29, 0.717) is 17.3 Å². The van der Waals surface area contributed by atoms with Crippen LogP contribution in [0, 0.1) is 5.92 Å². The Bertz CT molecular complexity index is 310. The lowest BCUT2D eigenvalue weighted by Crippen LogP contribution is -2.32. The minimum atomic E-state index is -0.403. The van der Waals surface area contributed by atoms with Gasteiger partial charge in [-0.05, 0) is 30.3 Å². The lowest BCUT2D eigenvalue weighted by atomic mass is 10.2. The smallest absolute Gasteiger partial charge is 0.264 e. The summed E-state index contributed by atoms with van der Waals surface area (Å²) in [6.45, 7) is 0.321. The number of aromatic nitrogens is 2. The van der Waals surface area contributed by atoms with Gasteiger partial charge in [0.1, 0.15) is 4.88 Å². The van der Waals surface area contributed by atoms with E-state index in [-0.39, 0.29) is 5.91 Å². The number of amides is 1. The zero-order valence-electron chi connectivity index (χ0n) is 7.51. The van der Waals surface area contributed by atoms with E-state index in [0.717, 1.165) is 24.4 Å². The van der Waals surface area contributed by atoms with Gasteiger partial charge in [-0.1, -0.05) is 4.49 Å². The summed E-state index contributed by atoms with van der Waals surface area (Å²) < 4.78 is 3.59. The number of nitrogens with zero attached hydrogens (tertiary/aromatic N) is 2. The second-order valence-corrected chi connectivity index (χ2v) is 4.18. The maximum atomic E-state index is 11.4. The van der Waals surface area contributed by atoms with Gasteiger partial charge < -0.3 is 10.4 Å². The predicted molar refractivity (Wildman–Crippen MR) is 51.0 cm³/mol. The molecule has 6 heteroatoms. The van der Waals surface area contributed by atoms with Crippen LogP contribution in [0.1, 0.15) is 22.5 Å². The molecule has 1 fully saturated rings. The molecule has 1 aromatic heterocycles. The molecule has 1 atom stereocenters. The van der Waals surface area contributed by atoms with Crippen molar-refractivity contribution in [1.29, 1.82) is 0 Å². The predicted octanol–water partition coefficient (Wildman–Crippen LogP) is 0.0388. The van der Waals surface area contributed by atoms with Crippen molar-refractivity contribution in [1.82, 2.24) is 14.9 Å². The Hall–Kier alpha value is -1.01. The van der Waals surface area contributed by atoms with E-state index in [2.05, 4.69) is 14.9 Å². The first-order valence-electron chi connectivity index (χ1n) is 4.51. The van der Waals surface area contributed by atoms with E-state index in [1.54, 1.807) is 0 Å². The van der Waals surface area contributed by atoms with E-state index in [1.807, 2.05) is 0 Å². The largest absolute Gasteiger partial charge is 0.391 e. The van der Waals surface area contributed by atoms with Gasteiger partial charge in [0.25, 0.3) is 5.91 Å². The molecule has 0 bridgehead atoms. The van der Waals surface area contributed by atoms with Crippen LogP contribution < -0.4 is 5.32 Å².